The number of nitrogens with zero attached hydrogens (tertiary/aromatic N) is 1. The molecule has 2 aromatic rings. The fourth-order valence-electron chi connectivity index (χ4n) is 2.19. The van der Waals surface area contributed by atoms with E-state index in [1.807, 2.05) is 19.1 Å². The predicted molar refractivity (Wildman–Crippen MR) is 75.3 cm³/mol. The highest BCUT2D eigenvalue weighted by Gasteiger charge is 2.14. The van der Waals surface area contributed by atoms with Crippen LogP contribution in [0.2, 0.25) is 0 Å². The van der Waals surface area contributed by atoms with E-state index in [9.17, 15) is 4.79 Å². The number of esters is 1. The quantitative estimate of drug-likeness (QED) is 0.801. The first kappa shape index (κ1) is 14.1. The van der Waals surface area contributed by atoms with Gasteiger partial charge in [0.25, 0.3) is 0 Å². The molecule has 106 valence electrons. The molecule has 1 aromatic heterocycles. The Hall–Kier alpha value is -2.30. The number of carbonyl (C=O) groups is 1. The van der Waals surface area contributed by atoms with Crippen LogP contribution in [-0.2, 0) is 16.0 Å². The standard InChI is InChI=1S/C15H17NO4/c1-9-7-10(8-13(17)20-4)16-15-12(19-3)6-5-11(18-2)14(9)15/h5-7H,8H2,1-4H3. The van der Waals surface area contributed by atoms with Crippen molar-refractivity contribution in [2.75, 3.05) is 21.3 Å². The van der Waals surface area contributed by atoms with Gasteiger partial charge < -0.3 is 14.2 Å². The molecule has 0 spiro atoms. The van der Waals surface area contributed by atoms with Gasteiger partial charge in [0.2, 0.25) is 0 Å². The fourth-order valence-corrected chi connectivity index (χ4v) is 2.19. The summed E-state index contributed by atoms with van der Waals surface area (Å²) in [6, 6.07) is 5.51. The van der Waals surface area contributed by atoms with Gasteiger partial charge in [-0.15, -0.1) is 0 Å². The largest absolute Gasteiger partial charge is 0.496 e. The van der Waals surface area contributed by atoms with Gasteiger partial charge in [-0.1, -0.05) is 0 Å². The lowest BCUT2D eigenvalue weighted by atomic mass is 10.1. The summed E-state index contributed by atoms with van der Waals surface area (Å²) in [6.45, 7) is 1.95. The molecule has 0 N–H and O–H groups in total. The van der Waals surface area contributed by atoms with Gasteiger partial charge in [0.05, 0.1) is 33.4 Å². The number of carbonyl (C=O) groups excluding carboxylic acids is 1. The van der Waals surface area contributed by atoms with E-state index in [0.717, 1.165) is 16.7 Å². The molecule has 5 heteroatoms. The van der Waals surface area contributed by atoms with Gasteiger partial charge in [0.1, 0.15) is 17.0 Å². The van der Waals surface area contributed by atoms with Crippen LogP contribution < -0.4 is 9.47 Å². The van der Waals surface area contributed by atoms with Crippen molar-refractivity contribution in [1.29, 1.82) is 0 Å². The van der Waals surface area contributed by atoms with Crippen molar-refractivity contribution >= 4 is 16.9 Å². The number of hydrogen-bond donors (Lipinski definition) is 0. The Bertz CT molecular complexity index is 652. The maximum Gasteiger partial charge on any atom is 0.311 e. The highest BCUT2D eigenvalue weighted by molar-refractivity contribution is 5.93. The second-order valence-corrected chi connectivity index (χ2v) is 4.38. The third-order valence-corrected chi connectivity index (χ3v) is 3.13. The first-order valence-electron chi connectivity index (χ1n) is 6.18. The summed E-state index contributed by atoms with van der Waals surface area (Å²) < 4.78 is 15.4. The fraction of sp³-hybridized carbons (Fsp3) is 0.333. The number of hydrogen-bond acceptors (Lipinski definition) is 5. The molecule has 20 heavy (non-hydrogen) atoms. The molecule has 1 aromatic carbocycles. The maximum absolute atomic E-state index is 11.4. The first-order chi connectivity index (χ1) is 9.60. The monoisotopic (exact) mass is 275 g/mol. The van der Waals surface area contributed by atoms with Gasteiger partial charge in [-0.25, -0.2) is 4.98 Å². The number of pyridine rings is 1. The average molecular weight is 275 g/mol. The van der Waals surface area contributed by atoms with E-state index in [2.05, 4.69) is 9.72 Å². The van der Waals surface area contributed by atoms with Gasteiger partial charge in [0, 0.05) is 5.39 Å². The number of benzene rings is 1. The zero-order chi connectivity index (χ0) is 14.7. The topological polar surface area (TPSA) is 57.7 Å². The van der Waals surface area contributed by atoms with Crippen LogP contribution >= 0.6 is 0 Å². The minimum atomic E-state index is -0.321. The number of rotatable bonds is 4. The maximum atomic E-state index is 11.4. The van der Waals surface area contributed by atoms with Crippen LogP contribution in [0.4, 0.5) is 0 Å². The molecule has 0 amide bonds. The van der Waals surface area contributed by atoms with E-state index >= 15 is 0 Å². The van der Waals surface area contributed by atoms with E-state index in [4.69, 9.17) is 9.47 Å². The summed E-state index contributed by atoms with van der Waals surface area (Å²) in [6.07, 6.45) is 0.133. The van der Waals surface area contributed by atoms with Crippen LogP contribution in [0.15, 0.2) is 18.2 Å². The Morgan fingerprint density at radius 2 is 1.80 bits per heavy atom. The van der Waals surface area contributed by atoms with Crippen molar-refractivity contribution in [3.63, 3.8) is 0 Å². The zero-order valence-corrected chi connectivity index (χ0v) is 12.0. The number of fused-ring (bicyclic) bond motifs is 1. The predicted octanol–water partition coefficient (Wildman–Crippen LogP) is 2.28. The molecule has 0 saturated heterocycles. The van der Waals surface area contributed by atoms with Crippen LogP contribution in [-0.4, -0.2) is 32.3 Å². The molecule has 0 aliphatic carbocycles. The number of aryl methyl sites for hydroxylation is 1. The summed E-state index contributed by atoms with van der Waals surface area (Å²) >= 11 is 0. The molecular weight excluding hydrogens is 258 g/mol. The van der Waals surface area contributed by atoms with Crippen LogP contribution in [0.25, 0.3) is 10.9 Å². The molecule has 0 unspecified atom stereocenters. The summed E-state index contributed by atoms with van der Waals surface area (Å²) in [4.78, 5) is 15.9. The number of methoxy groups -OCH3 is 3. The lowest BCUT2D eigenvalue weighted by Gasteiger charge is -2.12. The van der Waals surface area contributed by atoms with Crippen LogP contribution in [0, 0.1) is 6.92 Å². The average Bonchev–Trinajstić information content (AvgIpc) is 2.45. The summed E-state index contributed by atoms with van der Waals surface area (Å²) in [5, 5.41) is 0.889. The van der Waals surface area contributed by atoms with Gasteiger partial charge >= 0.3 is 5.97 Å². The second-order valence-electron chi connectivity index (χ2n) is 4.38. The molecule has 0 aliphatic rings. The molecule has 0 saturated carbocycles. The molecule has 0 aliphatic heterocycles. The molecule has 1 heterocycles. The Morgan fingerprint density at radius 3 is 2.40 bits per heavy atom. The Balaban J connectivity index is 2.65. The minimum Gasteiger partial charge on any atom is -0.496 e. The Kier molecular flexibility index (Phi) is 4.08. The molecule has 5 nitrogen and oxygen atoms in total. The smallest absolute Gasteiger partial charge is 0.311 e. The Labute approximate surface area is 117 Å². The molecule has 0 bridgehead atoms. The van der Waals surface area contributed by atoms with E-state index in [-0.39, 0.29) is 12.4 Å². The third-order valence-electron chi connectivity index (χ3n) is 3.13. The van der Waals surface area contributed by atoms with Crippen molar-refractivity contribution < 1.29 is 19.0 Å². The number of aromatic nitrogens is 1. The first-order valence-corrected chi connectivity index (χ1v) is 6.18. The molecule has 0 atom stereocenters. The van der Waals surface area contributed by atoms with Gasteiger partial charge in [-0.3, -0.25) is 4.79 Å². The van der Waals surface area contributed by atoms with Crippen molar-refractivity contribution in [2.45, 2.75) is 13.3 Å². The lowest BCUT2D eigenvalue weighted by molar-refractivity contribution is -0.139. The summed E-state index contributed by atoms with van der Waals surface area (Å²) in [5.74, 6) is 1.06. The lowest BCUT2D eigenvalue weighted by Crippen LogP contribution is -2.07. The van der Waals surface area contributed by atoms with Crippen LogP contribution in [0.3, 0.4) is 0 Å². The normalized spacial score (nSPS) is 10.4. The summed E-state index contributed by atoms with van der Waals surface area (Å²) in [7, 11) is 4.56. The van der Waals surface area contributed by atoms with Crippen LogP contribution in [0.5, 0.6) is 11.5 Å². The van der Waals surface area contributed by atoms with Crippen molar-refractivity contribution in [3.05, 3.63) is 29.5 Å². The van der Waals surface area contributed by atoms with Crippen molar-refractivity contribution in [1.82, 2.24) is 4.98 Å². The number of ether oxygens (including phenoxy) is 3. The van der Waals surface area contributed by atoms with Crippen molar-refractivity contribution in [3.8, 4) is 11.5 Å². The molecule has 0 radical (unpaired) electrons. The third kappa shape index (κ3) is 2.52. The van der Waals surface area contributed by atoms with E-state index in [1.54, 1.807) is 20.3 Å². The van der Waals surface area contributed by atoms with E-state index < -0.39 is 0 Å². The van der Waals surface area contributed by atoms with E-state index in [1.165, 1.54) is 7.11 Å². The van der Waals surface area contributed by atoms with Crippen molar-refractivity contribution in [2.24, 2.45) is 0 Å². The Morgan fingerprint density at radius 1 is 1.15 bits per heavy atom. The molecule has 2 rings (SSSR count). The molecular formula is C15H17NO4. The summed E-state index contributed by atoms with van der Waals surface area (Å²) in [5.41, 5.74) is 2.31. The minimum absolute atomic E-state index is 0.133. The highest BCUT2D eigenvalue weighted by Crippen LogP contribution is 2.34. The SMILES string of the molecule is COC(=O)Cc1cc(C)c2c(OC)ccc(OC)c2n1. The molecule has 0 fully saturated rings. The second kappa shape index (κ2) is 5.77. The van der Waals surface area contributed by atoms with E-state index in [0.29, 0.717) is 17.0 Å². The highest BCUT2D eigenvalue weighted by atomic mass is 16.5. The van der Waals surface area contributed by atoms with Gasteiger partial charge in [-0.2, -0.15) is 0 Å². The zero-order valence-electron chi connectivity index (χ0n) is 12.0. The van der Waals surface area contributed by atoms with Crippen LogP contribution in [0.1, 0.15) is 11.3 Å². The van der Waals surface area contributed by atoms with Gasteiger partial charge in [-0.05, 0) is 30.7 Å². The van der Waals surface area contributed by atoms with Gasteiger partial charge in [0.15, 0.2) is 0 Å².